The van der Waals surface area contributed by atoms with E-state index in [9.17, 15) is 4.79 Å². The molecule has 1 aliphatic carbocycles. The minimum atomic E-state index is -0.244. The van der Waals surface area contributed by atoms with Gasteiger partial charge in [0.05, 0.1) is 10.6 Å². The molecule has 1 amide bonds. The molecular weight excluding hydrogens is 346 g/mol. The van der Waals surface area contributed by atoms with E-state index in [1.807, 2.05) is 24.5 Å². The summed E-state index contributed by atoms with van der Waals surface area (Å²) in [7, 11) is 0. The molecule has 26 heavy (non-hydrogen) atoms. The molecule has 2 N–H and O–H groups in total. The number of halogens is 1. The lowest BCUT2D eigenvalue weighted by atomic mass is 9.84. The van der Waals surface area contributed by atoms with Gasteiger partial charge in [0.15, 0.2) is 0 Å². The number of nitrogens with zero attached hydrogens (tertiary/aromatic N) is 2. The zero-order chi connectivity index (χ0) is 18.7. The summed E-state index contributed by atoms with van der Waals surface area (Å²) in [4.78, 5) is 15.6. The number of rotatable bonds is 7. The van der Waals surface area contributed by atoms with Crippen LogP contribution in [0.25, 0.3) is 11.1 Å². The van der Waals surface area contributed by atoms with Crippen molar-refractivity contribution >= 4 is 17.5 Å². The van der Waals surface area contributed by atoms with Crippen molar-refractivity contribution < 1.29 is 4.79 Å². The van der Waals surface area contributed by atoms with Gasteiger partial charge in [0.25, 0.3) is 0 Å². The molecular formula is C21H22ClN3O. The molecule has 0 spiro atoms. The normalized spacial score (nSPS) is 15.9. The van der Waals surface area contributed by atoms with E-state index in [1.165, 1.54) is 18.4 Å². The van der Waals surface area contributed by atoms with E-state index in [0.717, 1.165) is 17.5 Å². The summed E-state index contributed by atoms with van der Waals surface area (Å²) in [5.41, 5.74) is 8.95. The molecule has 0 radical (unpaired) electrons. The molecule has 4 nitrogen and oxygen atoms in total. The van der Waals surface area contributed by atoms with Crippen LogP contribution in [-0.4, -0.2) is 10.9 Å². The molecule has 1 fully saturated rings. The Morgan fingerprint density at radius 1 is 1.35 bits per heavy atom. The Morgan fingerprint density at radius 2 is 2.12 bits per heavy atom. The first kappa shape index (κ1) is 18.4. The first-order valence-corrected chi connectivity index (χ1v) is 9.29. The maximum atomic E-state index is 11.2. The number of pyridine rings is 1. The molecule has 2 aromatic rings. The second-order valence-electron chi connectivity index (χ2n) is 7.27. The van der Waals surface area contributed by atoms with Crippen LogP contribution in [0.15, 0.2) is 36.7 Å². The van der Waals surface area contributed by atoms with Crippen LogP contribution in [-0.2, 0) is 4.79 Å². The fraction of sp³-hybridized carbons (Fsp3) is 0.381. The van der Waals surface area contributed by atoms with E-state index in [2.05, 4.69) is 24.0 Å². The Morgan fingerprint density at radius 3 is 2.73 bits per heavy atom. The Kier molecular flexibility index (Phi) is 5.58. The summed E-state index contributed by atoms with van der Waals surface area (Å²) in [6.07, 6.45) is 7.54. The largest absolute Gasteiger partial charge is 0.370 e. The van der Waals surface area contributed by atoms with Crippen LogP contribution in [0.3, 0.4) is 0 Å². The van der Waals surface area contributed by atoms with Crippen LogP contribution in [0.2, 0.25) is 5.02 Å². The lowest BCUT2D eigenvalue weighted by Crippen LogP contribution is -2.17. The van der Waals surface area contributed by atoms with Crippen LogP contribution >= 0.6 is 11.6 Å². The van der Waals surface area contributed by atoms with E-state index in [-0.39, 0.29) is 11.8 Å². The van der Waals surface area contributed by atoms with Gasteiger partial charge < -0.3 is 5.73 Å². The lowest BCUT2D eigenvalue weighted by Gasteiger charge is -2.21. The summed E-state index contributed by atoms with van der Waals surface area (Å²) in [6, 6.07) is 9.67. The fourth-order valence-electron chi connectivity index (χ4n) is 3.56. The van der Waals surface area contributed by atoms with Gasteiger partial charge in [-0.15, -0.1) is 0 Å². The smallest absolute Gasteiger partial charge is 0.217 e. The molecule has 2 atom stereocenters. The zero-order valence-electron chi connectivity index (χ0n) is 14.8. The molecule has 0 aliphatic heterocycles. The van der Waals surface area contributed by atoms with Crippen LogP contribution in [0.5, 0.6) is 0 Å². The summed E-state index contributed by atoms with van der Waals surface area (Å²) in [5, 5.41) is 9.48. The number of nitrogens with two attached hydrogens (primary N) is 1. The van der Waals surface area contributed by atoms with E-state index in [1.54, 1.807) is 6.07 Å². The number of benzene rings is 1. The van der Waals surface area contributed by atoms with Crippen molar-refractivity contribution in [3.05, 3.63) is 52.8 Å². The van der Waals surface area contributed by atoms with Crippen molar-refractivity contribution in [3.8, 4) is 17.2 Å². The number of hydrogen-bond acceptors (Lipinski definition) is 3. The summed E-state index contributed by atoms with van der Waals surface area (Å²) >= 11 is 6.17. The predicted octanol–water partition coefficient (Wildman–Crippen LogP) is 4.67. The molecule has 134 valence electrons. The van der Waals surface area contributed by atoms with Gasteiger partial charge >= 0.3 is 0 Å². The zero-order valence-corrected chi connectivity index (χ0v) is 15.5. The molecule has 1 aromatic carbocycles. The molecule has 1 heterocycles. The quantitative estimate of drug-likeness (QED) is 0.772. The van der Waals surface area contributed by atoms with E-state index < -0.39 is 0 Å². The van der Waals surface area contributed by atoms with Gasteiger partial charge in [-0.3, -0.25) is 9.78 Å². The standard InChI is InChI=1S/C21H22ClN3O/c1-13(7-21(24)26)6-19(14-2-3-14)18-8-17(11-25-12-18)15-4-5-16(10-23)20(22)9-15/h4-5,8-9,11-14,19H,2-3,6-7H2,1H3,(H2,24,26). The van der Waals surface area contributed by atoms with Crippen LogP contribution in [0.1, 0.15) is 49.7 Å². The number of nitriles is 1. The number of carbonyl (C=O) groups excluding carboxylic acids is 1. The van der Waals surface area contributed by atoms with E-state index in [0.29, 0.717) is 28.8 Å². The SMILES string of the molecule is CC(CC(N)=O)CC(c1cncc(-c2ccc(C#N)c(Cl)c2)c1)C1CC1. The van der Waals surface area contributed by atoms with Gasteiger partial charge in [-0.2, -0.15) is 5.26 Å². The molecule has 2 unspecified atom stereocenters. The third kappa shape index (κ3) is 4.42. The highest BCUT2D eigenvalue weighted by Gasteiger charge is 2.33. The number of carbonyl (C=O) groups is 1. The van der Waals surface area contributed by atoms with Gasteiger partial charge in [0, 0.05) is 24.4 Å². The Bertz CT molecular complexity index is 855. The van der Waals surface area contributed by atoms with Crippen molar-refractivity contribution in [2.24, 2.45) is 17.6 Å². The van der Waals surface area contributed by atoms with Crippen LogP contribution in [0, 0.1) is 23.2 Å². The lowest BCUT2D eigenvalue weighted by molar-refractivity contribution is -0.118. The summed E-state index contributed by atoms with van der Waals surface area (Å²) in [5.74, 6) is 1.06. The maximum absolute atomic E-state index is 11.2. The van der Waals surface area contributed by atoms with Gasteiger partial charge in [-0.05, 0) is 66.3 Å². The van der Waals surface area contributed by atoms with Gasteiger partial charge in [-0.25, -0.2) is 0 Å². The Balaban J connectivity index is 1.86. The summed E-state index contributed by atoms with van der Waals surface area (Å²) < 4.78 is 0. The Labute approximate surface area is 159 Å². The molecule has 1 saturated carbocycles. The molecule has 1 aliphatic rings. The number of amides is 1. The van der Waals surface area contributed by atoms with Crippen molar-refractivity contribution in [3.63, 3.8) is 0 Å². The molecule has 0 bridgehead atoms. The van der Waals surface area contributed by atoms with E-state index >= 15 is 0 Å². The highest BCUT2D eigenvalue weighted by molar-refractivity contribution is 6.32. The van der Waals surface area contributed by atoms with Gasteiger partial charge in [0.2, 0.25) is 5.91 Å². The fourth-order valence-corrected chi connectivity index (χ4v) is 3.79. The second kappa shape index (κ2) is 7.88. The molecule has 1 aromatic heterocycles. The topological polar surface area (TPSA) is 79.8 Å². The van der Waals surface area contributed by atoms with E-state index in [4.69, 9.17) is 22.6 Å². The molecule has 3 rings (SSSR count). The molecule has 5 heteroatoms. The first-order valence-electron chi connectivity index (χ1n) is 8.91. The van der Waals surface area contributed by atoms with Gasteiger partial charge in [0.1, 0.15) is 6.07 Å². The van der Waals surface area contributed by atoms with Crippen molar-refractivity contribution in [1.29, 1.82) is 5.26 Å². The maximum Gasteiger partial charge on any atom is 0.217 e. The first-order chi connectivity index (χ1) is 12.5. The van der Waals surface area contributed by atoms with Crippen molar-refractivity contribution in [1.82, 2.24) is 4.98 Å². The average molecular weight is 368 g/mol. The predicted molar refractivity (Wildman–Crippen MR) is 102 cm³/mol. The minimum absolute atomic E-state index is 0.244. The van der Waals surface area contributed by atoms with Gasteiger partial charge in [-0.1, -0.05) is 24.6 Å². The average Bonchev–Trinajstić information content (AvgIpc) is 3.44. The highest BCUT2D eigenvalue weighted by Crippen LogP contribution is 2.46. The van der Waals surface area contributed by atoms with Crippen LogP contribution in [0.4, 0.5) is 0 Å². The monoisotopic (exact) mass is 367 g/mol. The second-order valence-corrected chi connectivity index (χ2v) is 7.68. The number of hydrogen-bond donors (Lipinski definition) is 1. The van der Waals surface area contributed by atoms with Crippen molar-refractivity contribution in [2.75, 3.05) is 0 Å². The number of primary amides is 1. The number of aromatic nitrogens is 1. The summed E-state index contributed by atoms with van der Waals surface area (Å²) in [6.45, 7) is 2.08. The minimum Gasteiger partial charge on any atom is -0.370 e. The van der Waals surface area contributed by atoms with Crippen LogP contribution < -0.4 is 5.73 Å². The van der Waals surface area contributed by atoms with Crippen molar-refractivity contribution in [2.45, 2.75) is 38.5 Å². The third-order valence-corrected chi connectivity index (χ3v) is 5.32. The molecule has 0 saturated heterocycles. The Hall–Kier alpha value is -2.38. The third-order valence-electron chi connectivity index (χ3n) is 5.01. The highest BCUT2D eigenvalue weighted by atomic mass is 35.5.